The number of hydrogen-bond donors (Lipinski definition) is 0. The summed E-state index contributed by atoms with van der Waals surface area (Å²) in [4.78, 5) is 0. The zero-order valence-electron chi connectivity index (χ0n) is 11.8. The van der Waals surface area contributed by atoms with Gasteiger partial charge in [0.1, 0.15) is 0 Å². The Morgan fingerprint density at radius 1 is 1.12 bits per heavy atom. The summed E-state index contributed by atoms with van der Waals surface area (Å²) in [5, 5.41) is 0. The molecule has 2 rings (SSSR count). The quantitative estimate of drug-likeness (QED) is 0.579. The minimum atomic E-state index is 0.512. The maximum absolute atomic E-state index is 5.44. The molecule has 0 bridgehead atoms. The molecule has 0 N–H and O–H groups in total. The second-order valence-corrected chi connectivity index (χ2v) is 6.24. The van der Waals surface area contributed by atoms with Gasteiger partial charge < -0.3 is 4.74 Å². The SMILES string of the molecule is CCC(CCCCC1CCC2CCCC12)OC. The normalized spacial score (nSPS) is 33.9. The summed E-state index contributed by atoms with van der Waals surface area (Å²) in [5.74, 6) is 3.34. The van der Waals surface area contributed by atoms with Crippen LogP contribution in [-0.4, -0.2) is 13.2 Å². The van der Waals surface area contributed by atoms with Gasteiger partial charge in [0.05, 0.1) is 6.10 Å². The Labute approximate surface area is 107 Å². The van der Waals surface area contributed by atoms with Crippen molar-refractivity contribution in [3.63, 3.8) is 0 Å². The maximum atomic E-state index is 5.44. The van der Waals surface area contributed by atoms with Crippen LogP contribution in [0.5, 0.6) is 0 Å². The molecule has 0 aromatic heterocycles. The molecule has 4 unspecified atom stereocenters. The second kappa shape index (κ2) is 6.78. The highest BCUT2D eigenvalue weighted by atomic mass is 16.5. The van der Waals surface area contributed by atoms with Crippen LogP contribution in [0.25, 0.3) is 0 Å². The zero-order chi connectivity index (χ0) is 12.1. The highest BCUT2D eigenvalue weighted by Crippen LogP contribution is 2.49. The summed E-state index contributed by atoms with van der Waals surface area (Å²) in [7, 11) is 1.86. The molecular weight excluding hydrogens is 208 g/mol. The third kappa shape index (κ3) is 3.47. The fourth-order valence-electron chi connectivity index (χ4n) is 4.31. The Kier molecular flexibility index (Phi) is 5.34. The second-order valence-electron chi connectivity index (χ2n) is 6.24. The van der Waals surface area contributed by atoms with Gasteiger partial charge in [-0.3, -0.25) is 0 Å². The van der Waals surface area contributed by atoms with Crippen LogP contribution in [0.2, 0.25) is 0 Å². The highest BCUT2D eigenvalue weighted by molar-refractivity contribution is 4.88. The number of rotatable bonds is 7. The van der Waals surface area contributed by atoms with Gasteiger partial charge in [0.2, 0.25) is 0 Å². The van der Waals surface area contributed by atoms with Crippen LogP contribution in [-0.2, 0) is 4.74 Å². The van der Waals surface area contributed by atoms with Gasteiger partial charge >= 0.3 is 0 Å². The van der Waals surface area contributed by atoms with Crippen molar-refractivity contribution in [2.24, 2.45) is 17.8 Å². The molecule has 0 aromatic carbocycles. The predicted octanol–water partition coefficient (Wildman–Crippen LogP) is 4.80. The van der Waals surface area contributed by atoms with Crippen molar-refractivity contribution in [1.29, 1.82) is 0 Å². The van der Waals surface area contributed by atoms with Gasteiger partial charge in [-0.05, 0) is 49.9 Å². The molecule has 0 radical (unpaired) electrons. The summed E-state index contributed by atoms with van der Waals surface area (Å²) in [6.45, 7) is 2.23. The lowest BCUT2D eigenvalue weighted by molar-refractivity contribution is 0.0892. The number of ether oxygens (including phenoxy) is 1. The van der Waals surface area contributed by atoms with Crippen molar-refractivity contribution in [3.8, 4) is 0 Å². The lowest BCUT2D eigenvalue weighted by Gasteiger charge is -2.19. The summed E-state index contributed by atoms with van der Waals surface area (Å²) in [6.07, 6.45) is 15.0. The van der Waals surface area contributed by atoms with E-state index >= 15 is 0 Å². The van der Waals surface area contributed by atoms with Crippen molar-refractivity contribution in [1.82, 2.24) is 0 Å². The third-order valence-corrected chi connectivity index (χ3v) is 5.37. The van der Waals surface area contributed by atoms with Crippen LogP contribution < -0.4 is 0 Å². The van der Waals surface area contributed by atoms with Gasteiger partial charge in [-0.25, -0.2) is 0 Å². The van der Waals surface area contributed by atoms with Gasteiger partial charge in [0, 0.05) is 7.11 Å². The van der Waals surface area contributed by atoms with Crippen LogP contribution in [0.4, 0.5) is 0 Å². The molecule has 0 amide bonds. The van der Waals surface area contributed by atoms with Crippen LogP contribution in [0.15, 0.2) is 0 Å². The fraction of sp³-hybridized carbons (Fsp3) is 1.00. The number of fused-ring (bicyclic) bond motifs is 1. The van der Waals surface area contributed by atoms with Crippen molar-refractivity contribution in [2.45, 2.75) is 77.2 Å². The molecule has 0 saturated heterocycles. The Bertz CT molecular complexity index is 210. The summed E-state index contributed by atoms with van der Waals surface area (Å²) in [5.41, 5.74) is 0. The van der Waals surface area contributed by atoms with Crippen molar-refractivity contribution in [3.05, 3.63) is 0 Å². The molecule has 0 aromatic rings. The number of methoxy groups -OCH3 is 1. The average molecular weight is 238 g/mol. The van der Waals surface area contributed by atoms with Crippen LogP contribution in [0.1, 0.15) is 71.1 Å². The molecule has 1 heteroatoms. The van der Waals surface area contributed by atoms with E-state index in [0.717, 1.165) is 17.8 Å². The van der Waals surface area contributed by atoms with Crippen LogP contribution in [0.3, 0.4) is 0 Å². The third-order valence-electron chi connectivity index (χ3n) is 5.37. The van der Waals surface area contributed by atoms with E-state index in [1.54, 1.807) is 19.3 Å². The van der Waals surface area contributed by atoms with E-state index in [1.807, 2.05) is 7.11 Å². The van der Waals surface area contributed by atoms with Gasteiger partial charge in [-0.2, -0.15) is 0 Å². The lowest BCUT2D eigenvalue weighted by Crippen LogP contribution is -2.11. The molecule has 0 spiro atoms. The molecule has 2 aliphatic carbocycles. The van der Waals surface area contributed by atoms with Crippen molar-refractivity contribution >= 4 is 0 Å². The molecule has 1 nitrogen and oxygen atoms in total. The average Bonchev–Trinajstić information content (AvgIpc) is 2.93. The van der Waals surface area contributed by atoms with Gasteiger partial charge in [0.15, 0.2) is 0 Å². The number of unbranched alkanes of at least 4 members (excludes halogenated alkanes) is 1. The van der Waals surface area contributed by atoms with Gasteiger partial charge in [0.25, 0.3) is 0 Å². The first-order valence-corrected chi connectivity index (χ1v) is 7.88. The standard InChI is InChI=1S/C16H30O/c1-3-15(17-2)9-5-4-7-13-11-12-14-8-6-10-16(13)14/h13-16H,3-12H2,1-2H3. The Morgan fingerprint density at radius 3 is 2.76 bits per heavy atom. The molecule has 0 heterocycles. The van der Waals surface area contributed by atoms with E-state index < -0.39 is 0 Å². The molecule has 100 valence electrons. The molecule has 4 atom stereocenters. The van der Waals surface area contributed by atoms with E-state index in [0.29, 0.717) is 6.10 Å². The first-order chi connectivity index (χ1) is 8.35. The number of hydrogen-bond acceptors (Lipinski definition) is 1. The Hall–Kier alpha value is -0.0400. The summed E-state index contributed by atoms with van der Waals surface area (Å²) in [6, 6.07) is 0. The topological polar surface area (TPSA) is 9.23 Å². The van der Waals surface area contributed by atoms with E-state index in [9.17, 15) is 0 Å². The molecular formula is C16H30O. The van der Waals surface area contributed by atoms with Crippen LogP contribution in [0, 0.1) is 17.8 Å². The van der Waals surface area contributed by atoms with Crippen molar-refractivity contribution < 1.29 is 4.74 Å². The molecule has 17 heavy (non-hydrogen) atoms. The molecule has 2 aliphatic rings. The lowest BCUT2D eigenvalue weighted by atomic mass is 9.88. The van der Waals surface area contributed by atoms with Gasteiger partial charge in [-0.1, -0.05) is 39.0 Å². The van der Waals surface area contributed by atoms with E-state index in [1.165, 1.54) is 44.9 Å². The smallest absolute Gasteiger partial charge is 0.0568 e. The van der Waals surface area contributed by atoms with E-state index in [4.69, 9.17) is 4.74 Å². The zero-order valence-corrected chi connectivity index (χ0v) is 11.8. The minimum absolute atomic E-state index is 0.512. The molecule has 2 fully saturated rings. The predicted molar refractivity (Wildman–Crippen MR) is 73.1 cm³/mol. The van der Waals surface area contributed by atoms with Crippen LogP contribution >= 0.6 is 0 Å². The summed E-state index contributed by atoms with van der Waals surface area (Å²) < 4.78 is 5.44. The Morgan fingerprint density at radius 2 is 2.00 bits per heavy atom. The molecule has 2 saturated carbocycles. The van der Waals surface area contributed by atoms with E-state index in [-0.39, 0.29) is 0 Å². The minimum Gasteiger partial charge on any atom is -0.381 e. The summed E-state index contributed by atoms with van der Waals surface area (Å²) >= 11 is 0. The fourth-order valence-corrected chi connectivity index (χ4v) is 4.31. The molecule has 0 aliphatic heterocycles. The van der Waals surface area contributed by atoms with E-state index in [2.05, 4.69) is 6.92 Å². The van der Waals surface area contributed by atoms with Gasteiger partial charge in [-0.15, -0.1) is 0 Å². The first-order valence-electron chi connectivity index (χ1n) is 7.88. The van der Waals surface area contributed by atoms with Crippen molar-refractivity contribution in [2.75, 3.05) is 7.11 Å². The first kappa shape index (κ1) is 13.4. The monoisotopic (exact) mass is 238 g/mol. The largest absolute Gasteiger partial charge is 0.381 e. The highest BCUT2D eigenvalue weighted by Gasteiger charge is 2.38. The Balaban J connectivity index is 1.59. The maximum Gasteiger partial charge on any atom is 0.0568 e.